The van der Waals surface area contributed by atoms with E-state index in [2.05, 4.69) is 23.6 Å². The van der Waals surface area contributed by atoms with E-state index in [9.17, 15) is 0 Å². The maximum atomic E-state index is 6.59. The van der Waals surface area contributed by atoms with Gasteiger partial charge in [0.15, 0.2) is 0 Å². The topological polar surface area (TPSA) is 32.5 Å². The normalized spacial score (nSPS) is 37.2. The first kappa shape index (κ1) is 13.3. The molecule has 0 radical (unpaired) electrons. The number of nitrogens with zero attached hydrogens (tertiary/aromatic N) is 2. The molecule has 0 aromatic heterocycles. The van der Waals surface area contributed by atoms with Gasteiger partial charge in [-0.05, 0) is 25.3 Å². The fourth-order valence-electron chi connectivity index (χ4n) is 3.55. The Hall–Kier alpha value is -0.120. The summed E-state index contributed by atoms with van der Waals surface area (Å²) in [5.41, 5.74) is 6.70. The highest BCUT2D eigenvalue weighted by Gasteiger charge is 2.33. The molecular formula is C14H29N3. The Bertz CT molecular complexity index is 236. The maximum Gasteiger partial charge on any atom is 0.0285 e. The minimum absolute atomic E-state index is 0.103. The molecule has 1 saturated carbocycles. The summed E-state index contributed by atoms with van der Waals surface area (Å²) in [5.74, 6) is 0.825. The Morgan fingerprint density at radius 1 is 1.18 bits per heavy atom. The van der Waals surface area contributed by atoms with Gasteiger partial charge in [0.1, 0.15) is 0 Å². The molecule has 3 nitrogen and oxygen atoms in total. The molecule has 3 heteroatoms. The van der Waals surface area contributed by atoms with Crippen LogP contribution in [0, 0.1) is 5.92 Å². The number of hydrogen-bond donors (Lipinski definition) is 1. The van der Waals surface area contributed by atoms with Crippen molar-refractivity contribution in [2.45, 2.75) is 45.1 Å². The Morgan fingerprint density at radius 3 is 2.41 bits per heavy atom. The third kappa shape index (κ3) is 3.67. The predicted molar refractivity (Wildman–Crippen MR) is 73.1 cm³/mol. The molecular weight excluding hydrogens is 210 g/mol. The molecule has 1 aliphatic heterocycles. The molecule has 100 valence electrons. The van der Waals surface area contributed by atoms with E-state index in [0.717, 1.165) is 12.5 Å². The summed E-state index contributed by atoms with van der Waals surface area (Å²) in [4.78, 5) is 5.12. The summed E-state index contributed by atoms with van der Waals surface area (Å²) < 4.78 is 0. The molecule has 1 saturated heterocycles. The van der Waals surface area contributed by atoms with Crippen molar-refractivity contribution in [1.29, 1.82) is 0 Å². The van der Waals surface area contributed by atoms with E-state index in [1.165, 1.54) is 58.4 Å². The second kappa shape index (κ2) is 5.68. The first-order valence-corrected chi connectivity index (χ1v) is 7.35. The molecule has 0 bridgehead atoms. The summed E-state index contributed by atoms with van der Waals surface area (Å²) in [6.45, 7) is 11.8. The molecule has 2 aliphatic rings. The van der Waals surface area contributed by atoms with E-state index in [-0.39, 0.29) is 5.54 Å². The SMILES string of the molecule is CCN1CCN(CC2(N)CCCC(C)C2)CC1. The van der Waals surface area contributed by atoms with Gasteiger partial charge in [0.25, 0.3) is 0 Å². The lowest BCUT2D eigenvalue weighted by Crippen LogP contribution is -2.56. The third-order valence-electron chi connectivity index (χ3n) is 4.58. The van der Waals surface area contributed by atoms with Crippen molar-refractivity contribution in [3.8, 4) is 0 Å². The van der Waals surface area contributed by atoms with Gasteiger partial charge >= 0.3 is 0 Å². The van der Waals surface area contributed by atoms with Gasteiger partial charge in [-0.3, -0.25) is 4.90 Å². The quantitative estimate of drug-likeness (QED) is 0.811. The van der Waals surface area contributed by atoms with Crippen molar-refractivity contribution in [1.82, 2.24) is 9.80 Å². The van der Waals surface area contributed by atoms with Crippen molar-refractivity contribution >= 4 is 0 Å². The first-order valence-electron chi connectivity index (χ1n) is 7.35. The van der Waals surface area contributed by atoms with Crippen LogP contribution in [0.15, 0.2) is 0 Å². The lowest BCUT2D eigenvalue weighted by molar-refractivity contribution is 0.0937. The van der Waals surface area contributed by atoms with Crippen LogP contribution in [-0.2, 0) is 0 Å². The minimum atomic E-state index is 0.103. The van der Waals surface area contributed by atoms with Crippen LogP contribution in [0.25, 0.3) is 0 Å². The van der Waals surface area contributed by atoms with Crippen LogP contribution in [0.4, 0.5) is 0 Å². The second-order valence-corrected chi connectivity index (χ2v) is 6.27. The van der Waals surface area contributed by atoms with Crippen LogP contribution in [0.5, 0.6) is 0 Å². The Labute approximate surface area is 106 Å². The number of likely N-dealkylation sites (N-methyl/N-ethyl adjacent to an activating group) is 1. The van der Waals surface area contributed by atoms with E-state index in [1.54, 1.807) is 0 Å². The molecule has 0 spiro atoms. The number of hydrogen-bond acceptors (Lipinski definition) is 3. The van der Waals surface area contributed by atoms with E-state index in [0.29, 0.717) is 0 Å². The van der Waals surface area contributed by atoms with Gasteiger partial charge in [-0.1, -0.05) is 26.7 Å². The van der Waals surface area contributed by atoms with Gasteiger partial charge in [0, 0.05) is 38.3 Å². The van der Waals surface area contributed by atoms with Gasteiger partial charge < -0.3 is 10.6 Å². The molecule has 1 aliphatic carbocycles. The molecule has 0 amide bonds. The van der Waals surface area contributed by atoms with Crippen molar-refractivity contribution in [2.24, 2.45) is 11.7 Å². The van der Waals surface area contributed by atoms with Gasteiger partial charge in [-0.15, -0.1) is 0 Å². The highest BCUT2D eigenvalue weighted by Crippen LogP contribution is 2.31. The lowest BCUT2D eigenvalue weighted by Gasteiger charge is -2.43. The molecule has 0 aromatic rings. The number of rotatable bonds is 3. The van der Waals surface area contributed by atoms with Crippen LogP contribution >= 0.6 is 0 Å². The molecule has 17 heavy (non-hydrogen) atoms. The highest BCUT2D eigenvalue weighted by atomic mass is 15.3. The molecule has 2 N–H and O–H groups in total. The van der Waals surface area contributed by atoms with E-state index < -0.39 is 0 Å². The van der Waals surface area contributed by atoms with Gasteiger partial charge in [0.2, 0.25) is 0 Å². The predicted octanol–water partition coefficient (Wildman–Crippen LogP) is 1.53. The molecule has 2 unspecified atom stereocenters. The zero-order chi connectivity index (χ0) is 12.3. The average molecular weight is 239 g/mol. The monoisotopic (exact) mass is 239 g/mol. The first-order chi connectivity index (χ1) is 8.11. The van der Waals surface area contributed by atoms with Gasteiger partial charge in [-0.2, -0.15) is 0 Å². The molecule has 2 atom stereocenters. The smallest absolute Gasteiger partial charge is 0.0285 e. The van der Waals surface area contributed by atoms with Crippen LogP contribution in [0.3, 0.4) is 0 Å². The van der Waals surface area contributed by atoms with Crippen LogP contribution in [0.2, 0.25) is 0 Å². The van der Waals surface area contributed by atoms with Crippen molar-refractivity contribution < 1.29 is 0 Å². The zero-order valence-electron chi connectivity index (χ0n) is 11.6. The van der Waals surface area contributed by atoms with Crippen LogP contribution < -0.4 is 5.73 Å². The summed E-state index contributed by atoms with van der Waals surface area (Å²) >= 11 is 0. The largest absolute Gasteiger partial charge is 0.324 e. The summed E-state index contributed by atoms with van der Waals surface area (Å²) in [6.07, 6.45) is 5.15. The molecule has 2 fully saturated rings. The molecule has 0 aromatic carbocycles. The van der Waals surface area contributed by atoms with E-state index in [4.69, 9.17) is 5.73 Å². The van der Waals surface area contributed by atoms with E-state index >= 15 is 0 Å². The number of piperazine rings is 1. The van der Waals surface area contributed by atoms with Crippen molar-refractivity contribution in [2.75, 3.05) is 39.3 Å². The average Bonchev–Trinajstić information content (AvgIpc) is 2.29. The standard InChI is InChI=1S/C14H29N3/c1-3-16-7-9-17(10-8-16)12-14(15)6-4-5-13(2)11-14/h13H,3-12,15H2,1-2H3. The Balaban J connectivity index is 1.80. The highest BCUT2D eigenvalue weighted by molar-refractivity contribution is 4.93. The van der Waals surface area contributed by atoms with Gasteiger partial charge in [-0.25, -0.2) is 0 Å². The van der Waals surface area contributed by atoms with Crippen molar-refractivity contribution in [3.63, 3.8) is 0 Å². The third-order valence-corrected chi connectivity index (χ3v) is 4.58. The second-order valence-electron chi connectivity index (χ2n) is 6.27. The summed E-state index contributed by atoms with van der Waals surface area (Å²) in [7, 11) is 0. The van der Waals surface area contributed by atoms with Crippen LogP contribution in [-0.4, -0.2) is 54.6 Å². The van der Waals surface area contributed by atoms with Gasteiger partial charge in [0.05, 0.1) is 0 Å². The number of nitrogens with two attached hydrogens (primary N) is 1. The Morgan fingerprint density at radius 2 is 1.82 bits per heavy atom. The fourth-order valence-corrected chi connectivity index (χ4v) is 3.55. The lowest BCUT2D eigenvalue weighted by atomic mass is 9.76. The van der Waals surface area contributed by atoms with Crippen molar-refractivity contribution in [3.05, 3.63) is 0 Å². The summed E-state index contributed by atoms with van der Waals surface area (Å²) in [6, 6.07) is 0. The summed E-state index contributed by atoms with van der Waals surface area (Å²) in [5, 5.41) is 0. The minimum Gasteiger partial charge on any atom is -0.324 e. The fraction of sp³-hybridized carbons (Fsp3) is 1.00. The van der Waals surface area contributed by atoms with E-state index in [1.807, 2.05) is 0 Å². The molecule has 1 heterocycles. The zero-order valence-corrected chi connectivity index (χ0v) is 11.6. The Kier molecular flexibility index (Phi) is 4.45. The maximum absolute atomic E-state index is 6.59. The van der Waals surface area contributed by atoms with Crippen LogP contribution in [0.1, 0.15) is 39.5 Å². The molecule has 2 rings (SSSR count).